The van der Waals surface area contributed by atoms with E-state index in [2.05, 4.69) is 4.74 Å². The zero-order valence-corrected chi connectivity index (χ0v) is 11.1. The summed E-state index contributed by atoms with van der Waals surface area (Å²) in [6.07, 6.45) is -0.387. The first kappa shape index (κ1) is 16.2. The average Bonchev–Trinajstić information content (AvgIpc) is 2.30. The van der Waals surface area contributed by atoms with Crippen molar-refractivity contribution in [2.45, 2.75) is 27.2 Å². The number of benzene rings is 1. The molecule has 100 valence electrons. The summed E-state index contributed by atoms with van der Waals surface area (Å²) in [6, 6.07) is 9.23. The molecule has 0 aliphatic heterocycles. The van der Waals surface area contributed by atoms with Crippen molar-refractivity contribution in [3.63, 3.8) is 0 Å². The molecule has 0 aliphatic rings. The lowest BCUT2D eigenvalue weighted by atomic mass is 10.1. The predicted molar refractivity (Wildman–Crippen MR) is 69.9 cm³/mol. The minimum atomic E-state index is -1.18. The number of carbonyl (C=O) groups excluding carboxylic acids is 1. The van der Waals surface area contributed by atoms with Crippen LogP contribution in [0.3, 0.4) is 0 Å². The van der Waals surface area contributed by atoms with Gasteiger partial charge in [-0.1, -0.05) is 44.2 Å². The lowest BCUT2D eigenvalue weighted by molar-refractivity contribution is 0.0876. The highest BCUT2D eigenvalue weighted by molar-refractivity contribution is 5.93. The first-order chi connectivity index (χ1) is 8.43. The highest BCUT2D eigenvalue weighted by Gasteiger charge is 1.97. The van der Waals surface area contributed by atoms with Crippen molar-refractivity contribution in [1.29, 1.82) is 0 Å². The summed E-state index contributed by atoms with van der Waals surface area (Å²) in [7, 11) is 0. The minimum absolute atomic E-state index is 0.121. The zero-order valence-electron chi connectivity index (χ0n) is 11.1. The molecular weight excluding hydrogens is 232 g/mol. The first-order valence-corrected chi connectivity index (χ1v) is 5.85. The van der Waals surface area contributed by atoms with E-state index >= 15 is 0 Å². The molecule has 4 heteroatoms. The van der Waals surface area contributed by atoms with Crippen LogP contribution in [0, 0.1) is 5.92 Å². The molecule has 0 heterocycles. The van der Waals surface area contributed by atoms with Crippen LogP contribution in [0.25, 0.3) is 0 Å². The molecular formula is C14H20O4. The van der Waals surface area contributed by atoms with Gasteiger partial charge >= 0.3 is 6.16 Å². The van der Waals surface area contributed by atoms with Gasteiger partial charge in [0.05, 0.1) is 6.61 Å². The van der Waals surface area contributed by atoms with Crippen LogP contribution >= 0.6 is 0 Å². The van der Waals surface area contributed by atoms with Gasteiger partial charge in [-0.25, -0.2) is 4.79 Å². The van der Waals surface area contributed by atoms with E-state index in [1.807, 2.05) is 44.2 Å². The summed E-state index contributed by atoms with van der Waals surface area (Å²) < 4.78 is 4.27. The summed E-state index contributed by atoms with van der Waals surface area (Å²) in [4.78, 5) is 20.4. The second-order valence-electron chi connectivity index (χ2n) is 4.22. The van der Waals surface area contributed by atoms with Crippen molar-refractivity contribution in [3.8, 4) is 0 Å². The molecule has 0 aromatic heterocycles. The molecule has 4 nitrogen and oxygen atoms in total. The predicted octanol–water partition coefficient (Wildman–Crippen LogP) is 3.62. The SMILES string of the molecule is CC(=O)c1ccccc1.CC(C)CCOC(=O)O. The van der Waals surface area contributed by atoms with Crippen LogP contribution in [0.1, 0.15) is 37.6 Å². The normalized spacial score (nSPS) is 9.33. The molecule has 0 spiro atoms. The van der Waals surface area contributed by atoms with E-state index in [1.54, 1.807) is 6.92 Å². The minimum Gasteiger partial charge on any atom is -0.450 e. The molecule has 0 aliphatic carbocycles. The van der Waals surface area contributed by atoms with Gasteiger partial charge in [0, 0.05) is 5.56 Å². The van der Waals surface area contributed by atoms with Gasteiger partial charge in [0.2, 0.25) is 0 Å². The molecule has 18 heavy (non-hydrogen) atoms. The van der Waals surface area contributed by atoms with Gasteiger partial charge < -0.3 is 9.84 Å². The summed E-state index contributed by atoms with van der Waals surface area (Å²) in [5.41, 5.74) is 0.775. The molecule has 0 saturated carbocycles. The standard InChI is InChI=1S/C8H8O.C6H12O3/c1-7(9)8-5-3-2-4-6-8;1-5(2)3-4-9-6(7)8/h2-6H,1H3;5H,3-4H2,1-2H3,(H,7,8). The third-order valence-corrected chi connectivity index (χ3v) is 2.10. The van der Waals surface area contributed by atoms with Crippen molar-refractivity contribution >= 4 is 11.9 Å². The van der Waals surface area contributed by atoms with Gasteiger partial charge in [-0.15, -0.1) is 0 Å². The lowest BCUT2D eigenvalue weighted by Gasteiger charge is -2.01. The van der Waals surface area contributed by atoms with Crippen LogP contribution in [0.15, 0.2) is 30.3 Å². The molecule has 1 rings (SSSR count). The fraction of sp³-hybridized carbons (Fsp3) is 0.429. The van der Waals surface area contributed by atoms with E-state index in [4.69, 9.17) is 5.11 Å². The van der Waals surface area contributed by atoms with Crippen molar-refractivity contribution < 1.29 is 19.4 Å². The summed E-state index contributed by atoms with van der Waals surface area (Å²) in [5, 5.41) is 8.00. The van der Waals surface area contributed by atoms with Gasteiger partial charge in [-0.2, -0.15) is 0 Å². The number of carboxylic acid groups (broad SMARTS) is 1. The van der Waals surface area contributed by atoms with Gasteiger partial charge in [0.25, 0.3) is 0 Å². The Balaban J connectivity index is 0.000000321. The molecule has 0 saturated heterocycles. The quantitative estimate of drug-likeness (QED) is 0.656. The summed E-state index contributed by atoms with van der Waals surface area (Å²) in [5.74, 6) is 0.625. The topological polar surface area (TPSA) is 63.6 Å². The van der Waals surface area contributed by atoms with E-state index in [1.165, 1.54) is 0 Å². The number of rotatable bonds is 4. The monoisotopic (exact) mass is 252 g/mol. The van der Waals surface area contributed by atoms with Gasteiger partial charge in [-0.3, -0.25) is 4.79 Å². The van der Waals surface area contributed by atoms with E-state index < -0.39 is 6.16 Å². The second kappa shape index (κ2) is 9.22. The molecule has 1 aromatic rings. The Kier molecular flexibility index (Phi) is 8.27. The second-order valence-corrected chi connectivity index (χ2v) is 4.22. The van der Waals surface area contributed by atoms with E-state index in [0.717, 1.165) is 12.0 Å². The molecule has 0 unspecified atom stereocenters. The number of ketones is 1. The van der Waals surface area contributed by atoms with Crippen LogP contribution in [0.2, 0.25) is 0 Å². The van der Waals surface area contributed by atoms with E-state index in [9.17, 15) is 9.59 Å². The van der Waals surface area contributed by atoms with Gasteiger partial charge in [0.15, 0.2) is 5.78 Å². The Bertz CT molecular complexity index is 357. The van der Waals surface area contributed by atoms with Gasteiger partial charge in [0.1, 0.15) is 0 Å². The number of hydrogen-bond acceptors (Lipinski definition) is 3. The fourth-order valence-electron chi connectivity index (χ4n) is 1.05. The third-order valence-electron chi connectivity index (χ3n) is 2.10. The average molecular weight is 252 g/mol. The fourth-order valence-corrected chi connectivity index (χ4v) is 1.05. The number of carbonyl (C=O) groups is 2. The maximum Gasteiger partial charge on any atom is 0.505 e. The molecule has 1 N–H and O–H groups in total. The van der Waals surface area contributed by atoms with E-state index in [0.29, 0.717) is 12.5 Å². The zero-order chi connectivity index (χ0) is 14.0. The molecule has 0 atom stereocenters. The largest absolute Gasteiger partial charge is 0.505 e. The van der Waals surface area contributed by atoms with Crippen LogP contribution in [-0.2, 0) is 4.74 Å². The van der Waals surface area contributed by atoms with Crippen molar-refractivity contribution in [2.75, 3.05) is 6.61 Å². The number of Topliss-reactive ketones (excluding diaryl/α,β-unsaturated/α-hetero) is 1. The van der Waals surface area contributed by atoms with Crippen LogP contribution in [0.4, 0.5) is 4.79 Å². The summed E-state index contributed by atoms with van der Waals surface area (Å²) >= 11 is 0. The van der Waals surface area contributed by atoms with Crippen LogP contribution < -0.4 is 0 Å². The highest BCUT2D eigenvalue weighted by atomic mass is 16.7. The molecule has 0 amide bonds. The lowest BCUT2D eigenvalue weighted by Crippen LogP contribution is -2.03. The Hall–Kier alpha value is -1.84. The Labute approximate surface area is 108 Å². The maximum atomic E-state index is 10.6. The Morgan fingerprint density at radius 3 is 2.11 bits per heavy atom. The van der Waals surface area contributed by atoms with E-state index in [-0.39, 0.29) is 5.78 Å². The van der Waals surface area contributed by atoms with Crippen LogP contribution in [0.5, 0.6) is 0 Å². The molecule has 1 aromatic carbocycles. The Morgan fingerprint density at radius 1 is 1.22 bits per heavy atom. The van der Waals surface area contributed by atoms with Crippen molar-refractivity contribution in [2.24, 2.45) is 5.92 Å². The highest BCUT2D eigenvalue weighted by Crippen LogP contribution is 1.98. The maximum absolute atomic E-state index is 10.6. The molecule has 0 fully saturated rings. The first-order valence-electron chi connectivity index (χ1n) is 5.85. The molecule has 0 bridgehead atoms. The summed E-state index contributed by atoms with van der Waals surface area (Å²) in [6.45, 7) is 5.92. The van der Waals surface area contributed by atoms with Crippen LogP contribution in [-0.4, -0.2) is 23.7 Å². The third kappa shape index (κ3) is 9.39. The number of ether oxygens (including phenoxy) is 1. The Morgan fingerprint density at radius 2 is 1.78 bits per heavy atom. The van der Waals surface area contributed by atoms with Gasteiger partial charge in [-0.05, 0) is 19.3 Å². The number of hydrogen-bond donors (Lipinski definition) is 1. The smallest absolute Gasteiger partial charge is 0.450 e. The molecule has 0 radical (unpaired) electrons. The van der Waals surface area contributed by atoms with Crippen molar-refractivity contribution in [1.82, 2.24) is 0 Å². The van der Waals surface area contributed by atoms with Crippen molar-refractivity contribution in [3.05, 3.63) is 35.9 Å².